The first kappa shape index (κ1) is 10.7. The Labute approximate surface area is 95.2 Å². The zero-order valence-corrected chi connectivity index (χ0v) is 9.06. The maximum Gasteiger partial charge on any atom is 0.128 e. The molecule has 1 N–H and O–H groups in total. The van der Waals surface area contributed by atoms with Gasteiger partial charge in [-0.05, 0) is 12.1 Å². The van der Waals surface area contributed by atoms with Crippen molar-refractivity contribution >= 4 is 5.82 Å². The number of nitriles is 1. The molecule has 0 bridgehead atoms. The molecular formula is C12H14N4. The van der Waals surface area contributed by atoms with E-state index in [1.165, 1.54) is 0 Å². The summed E-state index contributed by atoms with van der Waals surface area (Å²) in [5.41, 5.74) is 0.596. The quantitative estimate of drug-likeness (QED) is 0.744. The van der Waals surface area contributed by atoms with Crippen molar-refractivity contribution in [3.63, 3.8) is 0 Å². The highest BCUT2D eigenvalue weighted by molar-refractivity contribution is 5.42. The van der Waals surface area contributed by atoms with E-state index in [4.69, 9.17) is 5.26 Å². The molecule has 0 unspecified atom stereocenters. The summed E-state index contributed by atoms with van der Waals surface area (Å²) < 4.78 is 0. The first-order valence-corrected chi connectivity index (χ1v) is 5.30. The van der Waals surface area contributed by atoms with Crippen LogP contribution in [0.2, 0.25) is 0 Å². The average molecular weight is 214 g/mol. The van der Waals surface area contributed by atoms with Gasteiger partial charge in [-0.25, -0.2) is 4.98 Å². The standard InChI is InChI=1S/C12H14N4/c1-2-11-9-16(6-5-14-11)12-4-3-10(7-13)8-15-12/h2-4,8,11,14H,1,5-6,9H2/t11-/m0/s1. The molecule has 1 saturated heterocycles. The van der Waals surface area contributed by atoms with Gasteiger partial charge in [-0.2, -0.15) is 5.26 Å². The van der Waals surface area contributed by atoms with Gasteiger partial charge < -0.3 is 10.2 Å². The molecule has 4 heteroatoms. The van der Waals surface area contributed by atoms with Gasteiger partial charge in [0.25, 0.3) is 0 Å². The van der Waals surface area contributed by atoms with E-state index in [0.29, 0.717) is 11.6 Å². The Morgan fingerprint density at radius 1 is 1.62 bits per heavy atom. The molecule has 0 aromatic carbocycles. The van der Waals surface area contributed by atoms with Crippen molar-refractivity contribution in [3.05, 3.63) is 36.5 Å². The lowest BCUT2D eigenvalue weighted by atomic mass is 10.2. The van der Waals surface area contributed by atoms with E-state index in [0.717, 1.165) is 25.5 Å². The van der Waals surface area contributed by atoms with E-state index >= 15 is 0 Å². The van der Waals surface area contributed by atoms with Gasteiger partial charge in [-0.15, -0.1) is 6.58 Å². The molecule has 1 aliphatic heterocycles. The second-order valence-electron chi connectivity index (χ2n) is 3.76. The lowest BCUT2D eigenvalue weighted by Crippen LogP contribution is -2.50. The fourth-order valence-corrected chi connectivity index (χ4v) is 1.78. The van der Waals surface area contributed by atoms with Crippen molar-refractivity contribution in [2.75, 3.05) is 24.5 Å². The minimum atomic E-state index is 0.311. The van der Waals surface area contributed by atoms with Gasteiger partial charge in [0.2, 0.25) is 0 Å². The summed E-state index contributed by atoms with van der Waals surface area (Å²) in [6, 6.07) is 6.07. The molecule has 1 atom stereocenters. The summed E-state index contributed by atoms with van der Waals surface area (Å²) in [7, 11) is 0. The smallest absolute Gasteiger partial charge is 0.128 e. The molecule has 0 aliphatic carbocycles. The highest BCUT2D eigenvalue weighted by Crippen LogP contribution is 2.13. The normalized spacial score (nSPS) is 20.2. The van der Waals surface area contributed by atoms with Crippen LogP contribution in [0.5, 0.6) is 0 Å². The molecule has 0 amide bonds. The number of piperazine rings is 1. The van der Waals surface area contributed by atoms with Gasteiger partial charge in [0.1, 0.15) is 11.9 Å². The van der Waals surface area contributed by atoms with Crippen LogP contribution in [-0.4, -0.2) is 30.7 Å². The third-order valence-electron chi connectivity index (χ3n) is 2.69. The van der Waals surface area contributed by atoms with Crippen LogP contribution >= 0.6 is 0 Å². The average Bonchev–Trinajstić information content (AvgIpc) is 2.39. The van der Waals surface area contributed by atoms with E-state index in [1.807, 2.05) is 12.1 Å². The van der Waals surface area contributed by atoms with Gasteiger partial charge in [-0.1, -0.05) is 6.08 Å². The number of nitrogens with one attached hydrogen (secondary N) is 1. The van der Waals surface area contributed by atoms with E-state index in [1.54, 1.807) is 12.3 Å². The zero-order chi connectivity index (χ0) is 11.4. The molecule has 2 heterocycles. The second kappa shape index (κ2) is 4.77. The zero-order valence-electron chi connectivity index (χ0n) is 9.06. The molecule has 0 radical (unpaired) electrons. The highest BCUT2D eigenvalue weighted by Gasteiger charge is 2.17. The van der Waals surface area contributed by atoms with Gasteiger partial charge in [-0.3, -0.25) is 0 Å². The van der Waals surface area contributed by atoms with Crippen LogP contribution in [0.15, 0.2) is 31.0 Å². The van der Waals surface area contributed by atoms with Gasteiger partial charge >= 0.3 is 0 Å². The molecule has 1 aromatic heterocycles. The van der Waals surface area contributed by atoms with Crippen molar-refractivity contribution in [1.82, 2.24) is 10.3 Å². The minimum Gasteiger partial charge on any atom is -0.353 e. The first-order valence-electron chi connectivity index (χ1n) is 5.30. The Morgan fingerprint density at radius 3 is 3.12 bits per heavy atom. The van der Waals surface area contributed by atoms with Crippen LogP contribution in [0.3, 0.4) is 0 Å². The van der Waals surface area contributed by atoms with Gasteiger partial charge in [0, 0.05) is 31.9 Å². The van der Waals surface area contributed by atoms with Crippen molar-refractivity contribution in [1.29, 1.82) is 5.26 Å². The molecule has 1 fully saturated rings. The lowest BCUT2D eigenvalue weighted by molar-refractivity contribution is 0.515. The molecule has 4 nitrogen and oxygen atoms in total. The van der Waals surface area contributed by atoms with Crippen molar-refractivity contribution in [2.45, 2.75) is 6.04 Å². The number of anilines is 1. The predicted octanol–water partition coefficient (Wildman–Crippen LogP) is 0.917. The summed E-state index contributed by atoms with van der Waals surface area (Å²) in [6.07, 6.45) is 3.52. The van der Waals surface area contributed by atoms with Crippen molar-refractivity contribution < 1.29 is 0 Å². The van der Waals surface area contributed by atoms with Crippen LogP contribution < -0.4 is 10.2 Å². The van der Waals surface area contributed by atoms with E-state index in [2.05, 4.69) is 27.8 Å². The molecule has 1 aliphatic rings. The van der Waals surface area contributed by atoms with Crippen LogP contribution in [0.4, 0.5) is 5.82 Å². The maximum atomic E-state index is 8.69. The van der Waals surface area contributed by atoms with Gasteiger partial charge in [0.05, 0.1) is 5.56 Å². The third kappa shape index (κ3) is 2.20. The Hall–Kier alpha value is -1.86. The number of hydrogen-bond acceptors (Lipinski definition) is 4. The molecule has 0 saturated carbocycles. The van der Waals surface area contributed by atoms with Crippen LogP contribution in [0, 0.1) is 11.3 Å². The molecule has 1 aromatic rings. The lowest BCUT2D eigenvalue weighted by Gasteiger charge is -2.33. The molecule has 16 heavy (non-hydrogen) atoms. The van der Waals surface area contributed by atoms with Crippen LogP contribution in [-0.2, 0) is 0 Å². The summed E-state index contributed by atoms with van der Waals surface area (Å²) in [4.78, 5) is 6.48. The number of aromatic nitrogens is 1. The number of hydrogen-bond donors (Lipinski definition) is 1. The van der Waals surface area contributed by atoms with E-state index in [-0.39, 0.29) is 0 Å². The maximum absolute atomic E-state index is 8.69. The second-order valence-corrected chi connectivity index (χ2v) is 3.76. The number of pyridine rings is 1. The SMILES string of the molecule is C=C[C@H]1CN(c2ccc(C#N)cn2)CCN1. The monoisotopic (exact) mass is 214 g/mol. The van der Waals surface area contributed by atoms with E-state index < -0.39 is 0 Å². The minimum absolute atomic E-state index is 0.311. The van der Waals surface area contributed by atoms with Crippen molar-refractivity contribution in [3.8, 4) is 6.07 Å². The van der Waals surface area contributed by atoms with Crippen LogP contribution in [0.25, 0.3) is 0 Å². The largest absolute Gasteiger partial charge is 0.353 e. The Bertz CT molecular complexity index is 404. The Kier molecular flexibility index (Phi) is 3.18. The summed E-state index contributed by atoms with van der Waals surface area (Å²) in [6.45, 7) is 6.53. The fraction of sp³-hybridized carbons (Fsp3) is 0.333. The third-order valence-corrected chi connectivity index (χ3v) is 2.69. The molecule has 0 spiro atoms. The molecule has 2 rings (SSSR count). The molecule has 82 valence electrons. The summed E-state index contributed by atoms with van der Waals surface area (Å²) >= 11 is 0. The topological polar surface area (TPSA) is 52.0 Å². The number of rotatable bonds is 2. The Morgan fingerprint density at radius 2 is 2.50 bits per heavy atom. The molecular weight excluding hydrogens is 200 g/mol. The first-order chi connectivity index (χ1) is 7.83. The van der Waals surface area contributed by atoms with Crippen molar-refractivity contribution in [2.24, 2.45) is 0 Å². The number of nitrogens with zero attached hydrogens (tertiary/aromatic N) is 3. The Balaban J connectivity index is 2.11. The van der Waals surface area contributed by atoms with Gasteiger partial charge in [0.15, 0.2) is 0 Å². The van der Waals surface area contributed by atoms with E-state index in [9.17, 15) is 0 Å². The summed E-state index contributed by atoms with van der Waals surface area (Å²) in [5, 5.41) is 12.0. The fourth-order valence-electron chi connectivity index (χ4n) is 1.78. The summed E-state index contributed by atoms with van der Waals surface area (Å²) in [5.74, 6) is 0.923. The highest BCUT2D eigenvalue weighted by atomic mass is 15.2. The predicted molar refractivity (Wildman–Crippen MR) is 63.2 cm³/mol. The van der Waals surface area contributed by atoms with Crippen LogP contribution in [0.1, 0.15) is 5.56 Å².